The van der Waals surface area contributed by atoms with Crippen molar-refractivity contribution in [3.63, 3.8) is 0 Å². The van der Waals surface area contributed by atoms with Crippen LogP contribution in [0.5, 0.6) is 0 Å². The van der Waals surface area contributed by atoms with Gasteiger partial charge in [0.05, 0.1) is 27.6 Å². The Morgan fingerprint density at radius 1 is 0.971 bits per heavy atom. The molecule has 2 amide bonds. The van der Waals surface area contributed by atoms with Crippen molar-refractivity contribution in [1.29, 1.82) is 0 Å². The van der Waals surface area contributed by atoms with Crippen LogP contribution in [0.2, 0.25) is 0 Å². The second-order valence-corrected chi connectivity index (χ2v) is 12.5. The summed E-state index contributed by atoms with van der Waals surface area (Å²) in [6.07, 6.45) is 5.13. The summed E-state index contributed by atoms with van der Waals surface area (Å²) >= 11 is 0. The minimum absolute atomic E-state index is 0.0479. The largest absolute Gasteiger partial charge is 0.465 e. The smallest absolute Gasteiger partial charge is 0.411 e. The molecular weight excluding hydrogens is 464 g/mol. The Labute approximate surface area is 207 Å². The highest BCUT2D eigenvalue weighted by Crippen LogP contribution is 2.40. The average molecular weight is 499 g/mol. The van der Waals surface area contributed by atoms with Crippen LogP contribution in [-0.4, -0.2) is 43.4 Å². The van der Waals surface area contributed by atoms with Crippen molar-refractivity contribution in [2.75, 3.05) is 16.3 Å². The molecule has 0 bridgehead atoms. The maximum absolute atomic E-state index is 13.4. The van der Waals surface area contributed by atoms with Crippen LogP contribution in [-0.2, 0) is 14.6 Å². The number of hydrogen-bond acceptors (Lipinski definition) is 4. The molecule has 35 heavy (non-hydrogen) atoms. The number of hydrogen-bond donors (Lipinski definition) is 1. The highest BCUT2D eigenvalue weighted by Gasteiger charge is 2.36. The van der Waals surface area contributed by atoms with Gasteiger partial charge in [0.15, 0.2) is 9.84 Å². The van der Waals surface area contributed by atoms with Crippen molar-refractivity contribution >= 4 is 33.2 Å². The Kier molecular flexibility index (Phi) is 7.22. The third-order valence-electron chi connectivity index (χ3n) is 7.24. The summed E-state index contributed by atoms with van der Waals surface area (Å²) in [6, 6.07) is 11.8. The second-order valence-electron chi connectivity index (χ2n) is 10.0. The topological polar surface area (TPSA) is 95.0 Å². The van der Waals surface area contributed by atoms with Gasteiger partial charge >= 0.3 is 6.09 Å². The third-order valence-corrected chi connectivity index (χ3v) is 9.41. The third kappa shape index (κ3) is 5.08. The molecule has 1 fully saturated rings. The van der Waals surface area contributed by atoms with E-state index in [9.17, 15) is 23.1 Å². The fourth-order valence-electron chi connectivity index (χ4n) is 5.21. The van der Waals surface area contributed by atoms with Gasteiger partial charge in [0.1, 0.15) is 0 Å². The Balaban J connectivity index is 1.67. The van der Waals surface area contributed by atoms with E-state index < -0.39 is 21.2 Å². The molecule has 0 unspecified atom stereocenters. The van der Waals surface area contributed by atoms with E-state index in [1.165, 1.54) is 11.3 Å². The zero-order valence-corrected chi connectivity index (χ0v) is 21.4. The van der Waals surface area contributed by atoms with Crippen LogP contribution in [0.25, 0.3) is 11.1 Å². The van der Waals surface area contributed by atoms with Gasteiger partial charge < -0.3 is 10.0 Å². The molecule has 188 valence electrons. The summed E-state index contributed by atoms with van der Waals surface area (Å²) in [6.45, 7) is 5.39. The quantitative estimate of drug-likeness (QED) is 0.568. The lowest BCUT2D eigenvalue weighted by atomic mass is 9.86. The lowest BCUT2D eigenvalue weighted by Crippen LogP contribution is -2.52. The van der Waals surface area contributed by atoms with E-state index in [0.29, 0.717) is 23.7 Å². The first-order valence-electron chi connectivity index (χ1n) is 12.4. The van der Waals surface area contributed by atoms with Crippen molar-refractivity contribution in [1.82, 2.24) is 0 Å². The molecule has 0 saturated heterocycles. The lowest BCUT2D eigenvalue weighted by Gasteiger charge is -2.41. The van der Waals surface area contributed by atoms with E-state index in [1.807, 2.05) is 19.1 Å². The number of carbonyl (C=O) groups is 2. The maximum Gasteiger partial charge on any atom is 0.411 e. The fourth-order valence-corrected chi connectivity index (χ4v) is 6.27. The standard InChI is InChI=1S/C27H34N2O5S/c1-18(2)35(33,34)23-12-9-21(10-13-23)22-11-14-24-25(16-22)28(27(31)32)17-19(3)29(24)26(30)15-20-7-5-4-6-8-20/h9-14,16,18-20H,4-8,15,17H2,1-3H3,(H,31,32)/t19-/m0/s1. The number of fused-ring (bicyclic) bond motifs is 1. The number of carbonyl (C=O) groups excluding carboxylic acids is 1. The number of benzene rings is 2. The van der Waals surface area contributed by atoms with Crippen LogP contribution in [0, 0.1) is 5.92 Å². The highest BCUT2D eigenvalue weighted by molar-refractivity contribution is 7.92. The van der Waals surface area contributed by atoms with E-state index >= 15 is 0 Å². The Hall–Kier alpha value is -2.87. The summed E-state index contributed by atoms with van der Waals surface area (Å²) in [5.41, 5.74) is 2.62. The average Bonchev–Trinajstić information content (AvgIpc) is 2.83. The van der Waals surface area contributed by atoms with Gasteiger partial charge in [-0.1, -0.05) is 37.5 Å². The lowest BCUT2D eigenvalue weighted by molar-refractivity contribution is -0.120. The second kappa shape index (κ2) is 10.0. The van der Waals surface area contributed by atoms with Crippen molar-refractivity contribution in [2.24, 2.45) is 5.92 Å². The summed E-state index contributed by atoms with van der Waals surface area (Å²) < 4.78 is 24.9. The molecule has 1 heterocycles. The van der Waals surface area contributed by atoms with Gasteiger partial charge in [0.2, 0.25) is 5.91 Å². The number of carboxylic acid groups (broad SMARTS) is 1. The molecule has 1 aliphatic carbocycles. The van der Waals surface area contributed by atoms with E-state index in [0.717, 1.165) is 36.8 Å². The zero-order chi connectivity index (χ0) is 25.3. The molecule has 1 saturated carbocycles. The van der Waals surface area contributed by atoms with Crippen molar-refractivity contribution in [2.45, 2.75) is 75.5 Å². The molecule has 1 aliphatic heterocycles. The van der Waals surface area contributed by atoms with Gasteiger partial charge in [-0.05, 0) is 74.9 Å². The molecule has 0 radical (unpaired) electrons. The summed E-state index contributed by atoms with van der Waals surface area (Å²) in [4.78, 5) is 28.8. The van der Waals surface area contributed by atoms with Crippen LogP contribution in [0.15, 0.2) is 47.4 Å². The maximum atomic E-state index is 13.4. The van der Waals surface area contributed by atoms with E-state index in [2.05, 4.69) is 0 Å². The van der Waals surface area contributed by atoms with E-state index in [-0.39, 0.29) is 23.4 Å². The molecule has 2 aromatic rings. The molecule has 2 aliphatic rings. The summed E-state index contributed by atoms with van der Waals surface area (Å²) in [5, 5.41) is 9.37. The van der Waals surface area contributed by atoms with Gasteiger partial charge in [-0.3, -0.25) is 9.69 Å². The highest BCUT2D eigenvalue weighted by atomic mass is 32.2. The van der Waals surface area contributed by atoms with Gasteiger partial charge in [-0.25, -0.2) is 13.2 Å². The summed E-state index contributed by atoms with van der Waals surface area (Å²) in [7, 11) is -3.38. The molecule has 1 atom stereocenters. The monoisotopic (exact) mass is 498 g/mol. The van der Waals surface area contributed by atoms with E-state index in [1.54, 1.807) is 49.1 Å². The first kappa shape index (κ1) is 25.2. The number of amides is 2. The van der Waals surface area contributed by atoms with Crippen LogP contribution in [0.1, 0.15) is 59.3 Å². The molecule has 2 aromatic carbocycles. The molecule has 8 heteroatoms. The molecule has 1 N–H and O–H groups in total. The SMILES string of the molecule is CC(C)S(=O)(=O)c1ccc(-c2ccc3c(c2)N(C(=O)O)C[C@H](C)N3C(=O)CC2CCCCC2)cc1. The number of anilines is 2. The number of rotatable bonds is 5. The van der Waals surface area contributed by atoms with Gasteiger partial charge in [-0.2, -0.15) is 0 Å². The van der Waals surface area contributed by atoms with Crippen LogP contribution in [0.3, 0.4) is 0 Å². The molecule has 4 rings (SSSR count). The van der Waals surface area contributed by atoms with Crippen LogP contribution in [0.4, 0.5) is 16.2 Å². The number of sulfone groups is 1. The van der Waals surface area contributed by atoms with Gasteiger partial charge in [-0.15, -0.1) is 0 Å². The first-order valence-corrected chi connectivity index (χ1v) is 13.9. The van der Waals surface area contributed by atoms with Gasteiger partial charge in [0, 0.05) is 13.0 Å². The number of nitrogens with zero attached hydrogens (tertiary/aromatic N) is 2. The van der Waals surface area contributed by atoms with Crippen molar-refractivity contribution in [3.8, 4) is 11.1 Å². The molecule has 7 nitrogen and oxygen atoms in total. The first-order chi connectivity index (χ1) is 16.6. The fraction of sp³-hybridized carbons (Fsp3) is 0.481. The zero-order valence-electron chi connectivity index (χ0n) is 20.6. The van der Waals surface area contributed by atoms with Crippen LogP contribution >= 0.6 is 0 Å². The van der Waals surface area contributed by atoms with Crippen LogP contribution < -0.4 is 9.80 Å². The van der Waals surface area contributed by atoms with Crippen molar-refractivity contribution < 1.29 is 23.1 Å². The Morgan fingerprint density at radius 3 is 2.20 bits per heavy atom. The normalized spacial score (nSPS) is 19.0. The summed E-state index contributed by atoms with van der Waals surface area (Å²) in [5.74, 6) is 0.441. The minimum Gasteiger partial charge on any atom is -0.465 e. The minimum atomic E-state index is -3.38. The van der Waals surface area contributed by atoms with Gasteiger partial charge in [0.25, 0.3) is 0 Å². The van der Waals surface area contributed by atoms with E-state index in [4.69, 9.17) is 0 Å². The molecule has 0 aromatic heterocycles. The Morgan fingerprint density at radius 2 is 1.60 bits per heavy atom. The van der Waals surface area contributed by atoms with Crippen molar-refractivity contribution in [3.05, 3.63) is 42.5 Å². The Bertz CT molecular complexity index is 1200. The predicted octanol–water partition coefficient (Wildman–Crippen LogP) is 5.73. The molecule has 0 spiro atoms. The predicted molar refractivity (Wildman–Crippen MR) is 138 cm³/mol. The molecular formula is C27H34N2O5S.